The smallest absolute Gasteiger partial charge is 0.126 e. The predicted octanol–water partition coefficient (Wildman–Crippen LogP) is 8.72. The minimum Gasteiger partial charge on any atom is -0.496 e. The van der Waals surface area contributed by atoms with Crippen molar-refractivity contribution in [3.05, 3.63) is 174 Å². The minimum absolute atomic E-state index is 0.806. The van der Waals surface area contributed by atoms with Gasteiger partial charge in [0.15, 0.2) is 0 Å². The molecule has 2 nitrogen and oxygen atoms in total. The molecule has 0 amide bonds. The lowest BCUT2D eigenvalue weighted by molar-refractivity contribution is 0.413. The summed E-state index contributed by atoms with van der Waals surface area (Å²) in [6.45, 7) is 0. The Labute approximate surface area is 255 Å². The molecule has 0 N–H and O–H groups in total. The number of benzene rings is 6. The first-order valence-electron chi connectivity index (χ1n) is 14.4. The zero-order valence-corrected chi connectivity index (χ0v) is 25.2. The largest absolute Gasteiger partial charge is 0.496 e. The lowest BCUT2D eigenvalue weighted by atomic mass is 9.89. The highest BCUT2D eigenvalue weighted by molar-refractivity contribution is 7.80. The first-order valence-corrected chi connectivity index (χ1v) is 15.7. The van der Waals surface area contributed by atoms with Gasteiger partial charge in [0.25, 0.3) is 0 Å². The van der Waals surface area contributed by atoms with Gasteiger partial charge in [-0.25, -0.2) is 0 Å². The van der Waals surface area contributed by atoms with E-state index in [0.717, 1.165) is 33.8 Å². The Morgan fingerprint density at radius 2 is 0.953 bits per heavy atom. The Kier molecular flexibility index (Phi) is 8.78. The van der Waals surface area contributed by atoms with Gasteiger partial charge in [0, 0.05) is 11.1 Å². The molecule has 43 heavy (non-hydrogen) atoms. The second-order valence-electron chi connectivity index (χ2n) is 10.1. The number of para-hydroxylation sites is 2. The van der Waals surface area contributed by atoms with E-state index in [1.807, 2.05) is 30.3 Å². The molecular weight excluding hydrogens is 543 g/mol. The summed E-state index contributed by atoms with van der Waals surface area (Å²) in [6.07, 6.45) is 2.22. The van der Waals surface area contributed by atoms with E-state index in [0.29, 0.717) is 0 Å². The van der Waals surface area contributed by atoms with Crippen LogP contribution in [-0.2, 0) is 0 Å². The maximum Gasteiger partial charge on any atom is 0.126 e. The standard InChI is InChI=1S/C40H33O2P/c1-41-38-26-14-9-17-30(38)29-37(35-24-12-15-27-39(35)42-2)34-23-11-10-22-33(34)36-25-13-16-28-40(36)43(31-18-5-3-6-19-31)32-20-7-4-8-21-32/h3-29H,1-2H3/b37-29-. The zero-order chi connectivity index (χ0) is 29.4. The zero-order valence-electron chi connectivity index (χ0n) is 24.4. The molecule has 0 aliphatic heterocycles. The Bertz CT molecular complexity index is 1800. The van der Waals surface area contributed by atoms with Gasteiger partial charge in [-0.3, -0.25) is 0 Å². The maximum atomic E-state index is 5.90. The third-order valence-corrected chi connectivity index (χ3v) is 10.0. The molecule has 0 fully saturated rings. The summed E-state index contributed by atoms with van der Waals surface area (Å²) in [5, 5.41) is 3.96. The fourth-order valence-electron chi connectivity index (χ4n) is 5.54. The van der Waals surface area contributed by atoms with Crippen molar-refractivity contribution in [2.24, 2.45) is 0 Å². The molecule has 0 saturated heterocycles. The normalized spacial score (nSPS) is 11.4. The third-order valence-electron chi connectivity index (χ3n) is 7.52. The van der Waals surface area contributed by atoms with Gasteiger partial charge in [-0.15, -0.1) is 0 Å². The van der Waals surface area contributed by atoms with Crippen molar-refractivity contribution in [3.8, 4) is 22.6 Å². The van der Waals surface area contributed by atoms with E-state index in [1.54, 1.807) is 14.2 Å². The summed E-state index contributed by atoms with van der Waals surface area (Å²) in [5.74, 6) is 1.65. The van der Waals surface area contributed by atoms with Crippen LogP contribution in [0.15, 0.2) is 158 Å². The molecular formula is C40H33O2P. The Balaban J connectivity index is 1.61. The molecule has 6 rings (SSSR count). The first kappa shape index (κ1) is 28.2. The highest BCUT2D eigenvalue weighted by atomic mass is 31.1. The second kappa shape index (κ2) is 13.4. The second-order valence-corrected chi connectivity index (χ2v) is 12.3. The van der Waals surface area contributed by atoms with Crippen molar-refractivity contribution in [2.45, 2.75) is 0 Å². The van der Waals surface area contributed by atoms with Crippen LogP contribution in [0.4, 0.5) is 0 Å². The third kappa shape index (κ3) is 6.02. The number of methoxy groups -OCH3 is 2. The van der Waals surface area contributed by atoms with Crippen molar-refractivity contribution in [1.29, 1.82) is 0 Å². The van der Waals surface area contributed by atoms with Crippen molar-refractivity contribution in [3.63, 3.8) is 0 Å². The number of hydrogen-bond acceptors (Lipinski definition) is 2. The monoisotopic (exact) mass is 576 g/mol. The molecule has 0 spiro atoms. The van der Waals surface area contributed by atoms with Crippen LogP contribution in [0.25, 0.3) is 22.8 Å². The topological polar surface area (TPSA) is 18.5 Å². The quantitative estimate of drug-likeness (QED) is 0.127. The summed E-state index contributed by atoms with van der Waals surface area (Å²) in [4.78, 5) is 0. The van der Waals surface area contributed by atoms with Gasteiger partial charge in [-0.1, -0.05) is 146 Å². The molecule has 6 aromatic rings. The van der Waals surface area contributed by atoms with Gasteiger partial charge in [0.2, 0.25) is 0 Å². The van der Waals surface area contributed by atoms with Gasteiger partial charge in [0.05, 0.1) is 14.2 Å². The van der Waals surface area contributed by atoms with E-state index in [4.69, 9.17) is 9.47 Å². The summed E-state index contributed by atoms with van der Waals surface area (Å²) < 4.78 is 11.7. The number of rotatable bonds is 9. The lowest BCUT2D eigenvalue weighted by Crippen LogP contribution is -2.22. The van der Waals surface area contributed by atoms with E-state index >= 15 is 0 Å². The van der Waals surface area contributed by atoms with Gasteiger partial charge < -0.3 is 9.47 Å². The van der Waals surface area contributed by atoms with Crippen LogP contribution in [-0.4, -0.2) is 14.2 Å². The van der Waals surface area contributed by atoms with E-state index in [1.165, 1.54) is 27.0 Å². The van der Waals surface area contributed by atoms with Crippen LogP contribution in [0.5, 0.6) is 11.5 Å². The van der Waals surface area contributed by atoms with Gasteiger partial charge >= 0.3 is 0 Å². The van der Waals surface area contributed by atoms with Gasteiger partial charge in [-0.2, -0.15) is 0 Å². The lowest BCUT2D eigenvalue weighted by Gasteiger charge is -2.24. The highest BCUT2D eigenvalue weighted by Crippen LogP contribution is 2.42. The van der Waals surface area contributed by atoms with Crippen molar-refractivity contribution in [1.82, 2.24) is 0 Å². The fourth-order valence-corrected chi connectivity index (χ4v) is 8.01. The summed E-state index contributed by atoms with van der Waals surface area (Å²) >= 11 is 0. The molecule has 0 aliphatic rings. The van der Waals surface area contributed by atoms with Crippen molar-refractivity contribution >= 4 is 35.5 Å². The Morgan fingerprint density at radius 3 is 1.60 bits per heavy atom. The Morgan fingerprint density at radius 1 is 0.465 bits per heavy atom. The van der Waals surface area contributed by atoms with Crippen LogP contribution in [0.3, 0.4) is 0 Å². The van der Waals surface area contributed by atoms with Gasteiger partial charge in [0.1, 0.15) is 11.5 Å². The molecule has 0 atom stereocenters. The van der Waals surface area contributed by atoms with Gasteiger partial charge in [-0.05, 0) is 64.3 Å². The van der Waals surface area contributed by atoms with Crippen LogP contribution in [0, 0.1) is 0 Å². The Hall–Kier alpha value is -4.91. The molecule has 0 bridgehead atoms. The number of ether oxygens (including phenoxy) is 2. The average molecular weight is 577 g/mol. The summed E-state index contributed by atoms with van der Waals surface area (Å²) in [5.41, 5.74) is 6.61. The van der Waals surface area contributed by atoms with Crippen LogP contribution < -0.4 is 25.4 Å². The maximum absolute atomic E-state index is 5.90. The molecule has 210 valence electrons. The van der Waals surface area contributed by atoms with Crippen molar-refractivity contribution in [2.75, 3.05) is 14.2 Å². The minimum atomic E-state index is -0.806. The van der Waals surface area contributed by atoms with Crippen LogP contribution >= 0.6 is 7.92 Å². The molecule has 0 saturated carbocycles. The molecule has 0 aliphatic carbocycles. The molecule has 0 radical (unpaired) electrons. The van der Waals surface area contributed by atoms with Crippen LogP contribution in [0.1, 0.15) is 16.7 Å². The molecule has 3 heteroatoms. The predicted molar refractivity (Wildman–Crippen MR) is 184 cm³/mol. The molecule has 0 heterocycles. The van der Waals surface area contributed by atoms with E-state index in [2.05, 4.69) is 133 Å². The molecule has 0 aromatic heterocycles. The van der Waals surface area contributed by atoms with E-state index in [-0.39, 0.29) is 0 Å². The fraction of sp³-hybridized carbons (Fsp3) is 0.0500. The average Bonchev–Trinajstić information content (AvgIpc) is 3.09. The summed E-state index contributed by atoms with van der Waals surface area (Å²) in [6, 6.07) is 55.7. The van der Waals surface area contributed by atoms with Crippen molar-refractivity contribution < 1.29 is 9.47 Å². The molecule has 6 aromatic carbocycles. The first-order chi connectivity index (χ1) is 21.3. The summed E-state index contributed by atoms with van der Waals surface area (Å²) in [7, 11) is 2.64. The van der Waals surface area contributed by atoms with E-state index < -0.39 is 7.92 Å². The van der Waals surface area contributed by atoms with Crippen LogP contribution in [0.2, 0.25) is 0 Å². The molecule has 0 unspecified atom stereocenters. The number of hydrogen-bond donors (Lipinski definition) is 0. The van der Waals surface area contributed by atoms with E-state index in [9.17, 15) is 0 Å². The SMILES string of the molecule is COc1ccccc1/C=C(\c1ccccc1OC)c1ccccc1-c1ccccc1P(c1ccccc1)c1ccccc1. The highest BCUT2D eigenvalue weighted by Gasteiger charge is 2.23.